The predicted octanol–water partition coefficient (Wildman–Crippen LogP) is 3.92. The van der Waals surface area contributed by atoms with Gasteiger partial charge in [0.05, 0.1) is 0 Å². The fraction of sp³-hybridized carbons (Fsp3) is 0.812. The van der Waals surface area contributed by atoms with Gasteiger partial charge in [0.2, 0.25) is 6.41 Å². The van der Waals surface area contributed by atoms with Crippen LogP contribution in [-0.4, -0.2) is 12.5 Å². The van der Waals surface area contributed by atoms with E-state index >= 15 is 0 Å². The summed E-state index contributed by atoms with van der Waals surface area (Å²) >= 11 is 0. The Balaban J connectivity index is 2.61. The van der Waals surface area contributed by atoms with Crippen LogP contribution in [0.2, 0.25) is 0 Å². The van der Waals surface area contributed by atoms with Gasteiger partial charge in [0.25, 0.3) is 0 Å². The van der Waals surface area contributed by atoms with Gasteiger partial charge in [-0.3, -0.25) is 4.79 Å². The molecule has 3 atom stereocenters. The molecule has 1 unspecified atom stereocenters. The number of nitrogens with one attached hydrogen (secondary N) is 1. The molecular formula is C16H29NO. The fourth-order valence-corrected chi connectivity index (χ4v) is 3.01. The minimum absolute atomic E-state index is 0.358. The lowest BCUT2D eigenvalue weighted by Crippen LogP contribution is -2.46. The van der Waals surface area contributed by atoms with Crippen LogP contribution in [0.25, 0.3) is 0 Å². The van der Waals surface area contributed by atoms with Crippen LogP contribution in [0.4, 0.5) is 0 Å². The highest BCUT2D eigenvalue weighted by Gasteiger charge is 2.38. The molecule has 1 aliphatic carbocycles. The SMILES string of the molecule is CCC/C=C\C[C@@H]1CC(C)(C)[C@H](C)CC1NC=O. The molecule has 1 fully saturated rings. The third kappa shape index (κ3) is 4.15. The Morgan fingerprint density at radius 1 is 1.33 bits per heavy atom. The van der Waals surface area contributed by atoms with E-state index in [0.29, 0.717) is 23.3 Å². The first-order valence-corrected chi connectivity index (χ1v) is 7.36. The highest BCUT2D eigenvalue weighted by molar-refractivity contribution is 5.46. The molecule has 1 aliphatic rings. The van der Waals surface area contributed by atoms with Crippen molar-refractivity contribution in [2.24, 2.45) is 17.3 Å². The molecule has 0 saturated heterocycles. The highest BCUT2D eigenvalue weighted by atomic mass is 16.1. The van der Waals surface area contributed by atoms with Gasteiger partial charge in [0.15, 0.2) is 0 Å². The maximum Gasteiger partial charge on any atom is 0.207 e. The minimum Gasteiger partial charge on any atom is -0.356 e. The van der Waals surface area contributed by atoms with Gasteiger partial charge in [0, 0.05) is 6.04 Å². The molecular weight excluding hydrogens is 222 g/mol. The van der Waals surface area contributed by atoms with Gasteiger partial charge in [0.1, 0.15) is 0 Å². The number of unbranched alkanes of at least 4 members (excludes halogenated alkanes) is 1. The number of amides is 1. The summed E-state index contributed by atoms with van der Waals surface area (Å²) in [6.07, 6.45) is 11.2. The molecule has 0 aromatic rings. The maximum atomic E-state index is 10.7. The van der Waals surface area contributed by atoms with E-state index in [0.717, 1.165) is 25.7 Å². The van der Waals surface area contributed by atoms with Crippen LogP contribution >= 0.6 is 0 Å². The predicted molar refractivity (Wildman–Crippen MR) is 77.3 cm³/mol. The van der Waals surface area contributed by atoms with Crippen LogP contribution < -0.4 is 5.32 Å². The molecule has 2 heteroatoms. The molecule has 104 valence electrons. The van der Waals surface area contributed by atoms with E-state index in [2.05, 4.69) is 45.2 Å². The summed E-state index contributed by atoms with van der Waals surface area (Å²) in [5.74, 6) is 1.26. The molecule has 0 aromatic carbocycles. The van der Waals surface area contributed by atoms with Crippen molar-refractivity contribution in [3.63, 3.8) is 0 Å². The zero-order valence-electron chi connectivity index (χ0n) is 12.4. The van der Waals surface area contributed by atoms with Crippen molar-refractivity contribution in [3.8, 4) is 0 Å². The summed E-state index contributed by atoms with van der Waals surface area (Å²) in [7, 11) is 0. The Hall–Kier alpha value is -0.790. The average Bonchev–Trinajstić information content (AvgIpc) is 2.31. The van der Waals surface area contributed by atoms with Gasteiger partial charge in [-0.15, -0.1) is 0 Å². The summed E-state index contributed by atoms with van der Waals surface area (Å²) in [6, 6.07) is 0.358. The first kappa shape index (κ1) is 15.3. The smallest absolute Gasteiger partial charge is 0.207 e. The third-order valence-corrected chi connectivity index (χ3v) is 4.64. The minimum atomic E-state index is 0.358. The van der Waals surface area contributed by atoms with Crippen LogP contribution in [0.3, 0.4) is 0 Å². The normalized spacial score (nSPS) is 31.4. The lowest BCUT2D eigenvalue weighted by atomic mass is 9.63. The summed E-state index contributed by atoms with van der Waals surface area (Å²) in [6.45, 7) is 9.23. The fourth-order valence-electron chi connectivity index (χ4n) is 3.01. The molecule has 0 aromatic heterocycles. The third-order valence-electron chi connectivity index (χ3n) is 4.64. The molecule has 2 nitrogen and oxygen atoms in total. The first-order valence-electron chi connectivity index (χ1n) is 7.36. The first-order chi connectivity index (χ1) is 8.51. The van der Waals surface area contributed by atoms with E-state index in [-0.39, 0.29) is 0 Å². The molecule has 18 heavy (non-hydrogen) atoms. The Bertz CT molecular complexity index is 283. The van der Waals surface area contributed by atoms with Gasteiger partial charge in [-0.1, -0.05) is 46.3 Å². The van der Waals surface area contributed by atoms with Gasteiger partial charge >= 0.3 is 0 Å². The molecule has 0 spiro atoms. The molecule has 1 N–H and O–H groups in total. The zero-order chi connectivity index (χ0) is 13.6. The zero-order valence-corrected chi connectivity index (χ0v) is 12.4. The molecule has 1 amide bonds. The largest absolute Gasteiger partial charge is 0.356 e. The summed E-state index contributed by atoms with van der Waals surface area (Å²) < 4.78 is 0. The lowest BCUT2D eigenvalue weighted by molar-refractivity contribution is -0.111. The average molecular weight is 251 g/mol. The monoisotopic (exact) mass is 251 g/mol. The van der Waals surface area contributed by atoms with Crippen LogP contribution in [0.15, 0.2) is 12.2 Å². The van der Waals surface area contributed by atoms with Gasteiger partial charge < -0.3 is 5.32 Å². The van der Waals surface area contributed by atoms with Gasteiger partial charge in [-0.05, 0) is 42.9 Å². The van der Waals surface area contributed by atoms with Crippen molar-refractivity contribution in [1.29, 1.82) is 0 Å². The Kier molecular flexibility index (Phi) is 5.90. The molecule has 0 radical (unpaired) electrons. The van der Waals surface area contributed by atoms with Gasteiger partial charge in [-0.25, -0.2) is 0 Å². The van der Waals surface area contributed by atoms with E-state index in [1.54, 1.807) is 0 Å². The Morgan fingerprint density at radius 2 is 2.06 bits per heavy atom. The van der Waals surface area contributed by atoms with Crippen molar-refractivity contribution >= 4 is 6.41 Å². The number of hydrogen-bond acceptors (Lipinski definition) is 1. The Morgan fingerprint density at radius 3 is 2.67 bits per heavy atom. The van der Waals surface area contributed by atoms with E-state index in [1.807, 2.05) is 0 Å². The second kappa shape index (κ2) is 6.96. The highest BCUT2D eigenvalue weighted by Crippen LogP contribution is 2.44. The second-order valence-electron chi connectivity index (χ2n) is 6.48. The number of allylic oxidation sites excluding steroid dienone is 2. The van der Waals surface area contributed by atoms with Crippen LogP contribution in [0, 0.1) is 17.3 Å². The van der Waals surface area contributed by atoms with E-state index in [1.165, 1.54) is 12.8 Å². The second-order valence-corrected chi connectivity index (χ2v) is 6.48. The van der Waals surface area contributed by atoms with E-state index in [9.17, 15) is 4.79 Å². The van der Waals surface area contributed by atoms with Crippen LogP contribution in [0.1, 0.15) is 59.8 Å². The molecule has 0 heterocycles. The number of hydrogen-bond donors (Lipinski definition) is 1. The van der Waals surface area contributed by atoms with Crippen molar-refractivity contribution in [1.82, 2.24) is 5.32 Å². The topological polar surface area (TPSA) is 29.1 Å². The molecule has 0 bridgehead atoms. The standard InChI is InChI=1S/C16H29NO/c1-5-6-7-8-9-14-11-16(3,4)13(2)10-15(14)17-12-18/h7-8,12-15H,5-6,9-11H2,1-4H3,(H,17,18)/b8-7-/t13-,14-,15?/m1/s1. The molecule has 1 rings (SSSR count). The quantitative estimate of drug-likeness (QED) is 0.562. The molecule has 0 aliphatic heterocycles. The van der Waals surface area contributed by atoms with Crippen LogP contribution in [-0.2, 0) is 4.79 Å². The Labute approximate surface area is 112 Å². The van der Waals surface area contributed by atoms with E-state index < -0.39 is 0 Å². The summed E-state index contributed by atoms with van der Waals surface area (Å²) in [5.41, 5.74) is 0.393. The van der Waals surface area contributed by atoms with Crippen molar-refractivity contribution in [2.75, 3.05) is 0 Å². The van der Waals surface area contributed by atoms with Crippen molar-refractivity contribution in [2.45, 2.75) is 65.8 Å². The lowest BCUT2D eigenvalue weighted by Gasteiger charge is -2.45. The maximum absolute atomic E-state index is 10.7. The summed E-state index contributed by atoms with van der Waals surface area (Å²) in [5, 5.41) is 3.03. The van der Waals surface area contributed by atoms with Crippen molar-refractivity contribution < 1.29 is 4.79 Å². The van der Waals surface area contributed by atoms with Crippen LogP contribution in [0.5, 0.6) is 0 Å². The van der Waals surface area contributed by atoms with Crippen molar-refractivity contribution in [3.05, 3.63) is 12.2 Å². The number of rotatable bonds is 6. The van der Waals surface area contributed by atoms with Gasteiger partial charge in [-0.2, -0.15) is 0 Å². The summed E-state index contributed by atoms with van der Waals surface area (Å²) in [4.78, 5) is 10.7. The number of carbonyl (C=O) groups excluding carboxylic acids is 1. The number of carbonyl (C=O) groups is 1. The van der Waals surface area contributed by atoms with E-state index in [4.69, 9.17) is 0 Å². The molecule has 1 saturated carbocycles.